The fraction of sp³-hybridized carbons (Fsp3) is 0.625. The Morgan fingerprint density at radius 2 is 2.40 bits per heavy atom. The molecule has 2 N–H and O–H groups in total. The molecule has 0 unspecified atom stereocenters. The van der Waals surface area contributed by atoms with Crippen LogP contribution in [0.4, 0.5) is 5.95 Å². The first-order valence-corrected chi connectivity index (χ1v) is 5.44. The van der Waals surface area contributed by atoms with Gasteiger partial charge in [0.2, 0.25) is 5.95 Å². The van der Waals surface area contributed by atoms with Crippen LogP contribution in [0.5, 0.6) is 0 Å². The highest BCUT2D eigenvalue weighted by Gasteiger charge is 2.06. The summed E-state index contributed by atoms with van der Waals surface area (Å²) in [7, 11) is 0. The number of hydrogen-bond acceptors (Lipinski definition) is 5. The molecule has 84 valence electrons. The van der Waals surface area contributed by atoms with E-state index in [-0.39, 0.29) is 11.9 Å². The molecule has 0 amide bonds. The molecule has 15 heavy (non-hydrogen) atoms. The highest BCUT2D eigenvalue weighted by molar-refractivity contribution is 9.10. The molecule has 0 fully saturated rings. The molecule has 6 nitrogen and oxygen atoms in total. The van der Waals surface area contributed by atoms with Crippen molar-refractivity contribution in [1.29, 1.82) is 0 Å². The lowest BCUT2D eigenvalue weighted by atomic mass is 10.3. The molecule has 0 saturated carbocycles. The van der Waals surface area contributed by atoms with E-state index in [1.54, 1.807) is 11.6 Å². The number of rotatable bonds is 5. The fourth-order valence-electron chi connectivity index (χ4n) is 1.09. The van der Waals surface area contributed by atoms with E-state index in [9.17, 15) is 4.79 Å². The monoisotopic (exact) mass is 276 g/mol. The van der Waals surface area contributed by atoms with Gasteiger partial charge in [-0.15, -0.1) is 5.10 Å². The van der Waals surface area contributed by atoms with Crippen LogP contribution in [0.3, 0.4) is 0 Å². The molecule has 0 aliphatic carbocycles. The number of carbonyl (C=O) groups excluding carboxylic acids is 1. The van der Waals surface area contributed by atoms with Crippen molar-refractivity contribution in [3.63, 3.8) is 0 Å². The maximum atomic E-state index is 11.0. The van der Waals surface area contributed by atoms with Crippen molar-refractivity contribution in [2.45, 2.75) is 26.3 Å². The Morgan fingerprint density at radius 1 is 1.67 bits per heavy atom. The molecular weight excluding hydrogens is 264 g/mol. The second kappa shape index (κ2) is 5.69. The first-order chi connectivity index (χ1) is 7.13. The molecule has 0 aliphatic heterocycles. The largest absolute Gasteiger partial charge is 0.466 e. The number of carbonyl (C=O) groups is 1. The predicted octanol–water partition coefficient (Wildman–Crippen LogP) is 0.966. The normalized spacial score (nSPS) is 10.3. The molecule has 0 aromatic carbocycles. The van der Waals surface area contributed by atoms with Crippen LogP contribution in [0, 0.1) is 0 Å². The van der Waals surface area contributed by atoms with E-state index in [1.807, 2.05) is 0 Å². The van der Waals surface area contributed by atoms with Crippen LogP contribution in [-0.4, -0.2) is 27.3 Å². The zero-order valence-electron chi connectivity index (χ0n) is 8.44. The number of ether oxygens (including phenoxy) is 1. The Balaban J connectivity index is 2.31. The third kappa shape index (κ3) is 3.86. The van der Waals surface area contributed by atoms with Crippen LogP contribution in [0.25, 0.3) is 0 Å². The third-order valence-corrected chi connectivity index (χ3v) is 2.29. The lowest BCUT2D eigenvalue weighted by Gasteiger charge is -2.02. The number of aryl methyl sites for hydroxylation is 1. The van der Waals surface area contributed by atoms with Crippen LogP contribution < -0.4 is 5.73 Å². The maximum absolute atomic E-state index is 11.0. The van der Waals surface area contributed by atoms with Crippen LogP contribution in [-0.2, 0) is 16.1 Å². The van der Waals surface area contributed by atoms with Gasteiger partial charge in [0.1, 0.15) is 0 Å². The Morgan fingerprint density at radius 3 is 2.93 bits per heavy atom. The second-order valence-electron chi connectivity index (χ2n) is 2.87. The number of halogens is 1. The van der Waals surface area contributed by atoms with E-state index in [2.05, 4.69) is 26.0 Å². The molecule has 0 saturated heterocycles. The average Bonchev–Trinajstić information content (AvgIpc) is 2.46. The highest BCUT2D eigenvalue weighted by atomic mass is 79.9. The number of nitrogens with zero attached hydrogens (tertiary/aromatic N) is 3. The summed E-state index contributed by atoms with van der Waals surface area (Å²) in [6, 6.07) is 0. The van der Waals surface area contributed by atoms with Gasteiger partial charge in [-0.3, -0.25) is 4.79 Å². The number of nitrogen functional groups attached to an aromatic ring is 1. The van der Waals surface area contributed by atoms with Crippen molar-refractivity contribution >= 4 is 27.8 Å². The second-order valence-corrected chi connectivity index (χ2v) is 3.58. The van der Waals surface area contributed by atoms with Crippen molar-refractivity contribution in [3.8, 4) is 0 Å². The van der Waals surface area contributed by atoms with Gasteiger partial charge in [-0.2, -0.15) is 4.98 Å². The summed E-state index contributed by atoms with van der Waals surface area (Å²) >= 11 is 3.21. The van der Waals surface area contributed by atoms with Gasteiger partial charge >= 0.3 is 5.97 Å². The van der Waals surface area contributed by atoms with E-state index in [0.29, 0.717) is 30.7 Å². The molecule has 7 heteroatoms. The van der Waals surface area contributed by atoms with E-state index in [0.717, 1.165) is 0 Å². The van der Waals surface area contributed by atoms with Gasteiger partial charge in [-0.25, -0.2) is 4.68 Å². The zero-order valence-corrected chi connectivity index (χ0v) is 10.0. The van der Waals surface area contributed by atoms with Crippen LogP contribution in [0.2, 0.25) is 0 Å². The molecule has 1 aromatic rings. The lowest BCUT2D eigenvalue weighted by Crippen LogP contribution is -2.07. The van der Waals surface area contributed by atoms with Gasteiger partial charge in [0.25, 0.3) is 0 Å². The molecule has 1 rings (SSSR count). The highest BCUT2D eigenvalue weighted by Crippen LogP contribution is 2.09. The molecule has 0 bridgehead atoms. The Hall–Kier alpha value is -1.11. The van der Waals surface area contributed by atoms with Gasteiger partial charge in [0.05, 0.1) is 6.61 Å². The van der Waals surface area contributed by atoms with Gasteiger partial charge in [-0.1, -0.05) is 0 Å². The van der Waals surface area contributed by atoms with Crippen molar-refractivity contribution in [1.82, 2.24) is 14.8 Å². The van der Waals surface area contributed by atoms with Crippen LogP contribution in [0.15, 0.2) is 4.73 Å². The van der Waals surface area contributed by atoms with Gasteiger partial charge < -0.3 is 10.5 Å². The van der Waals surface area contributed by atoms with E-state index in [4.69, 9.17) is 10.5 Å². The number of aromatic nitrogens is 3. The van der Waals surface area contributed by atoms with E-state index >= 15 is 0 Å². The fourth-order valence-corrected chi connectivity index (χ4v) is 1.53. The molecule has 0 aliphatic rings. The molecule has 0 spiro atoms. The minimum atomic E-state index is -0.193. The Labute approximate surface area is 95.9 Å². The van der Waals surface area contributed by atoms with E-state index in [1.165, 1.54) is 0 Å². The lowest BCUT2D eigenvalue weighted by molar-refractivity contribution is -0.143. The summed E-state index contributed by atoms with van der Waals surface area (Å²) in [5.74, 6) is 0.0275. The molecule has 0 atom stereocenters. The molecule has 0 radical (unpaired) electrons. The van der Waals surface area contributed by atoms with Crippen molar-refractivity contribution in [2.75, 3.05) is 12.3 Å². The van der Waals surface area contributed by atoms with Crippen molar-refractivity contribution in [3.05, 3.63) is 4.73 Å². The standard InChI is InChI=1S/C8H13BrN4O2/c1-2-15-6(14)4-3-5-13-7(9)11-8(10)12-13/h2-5H2,1H3,(H2,10,12). The van der Waals surface area contributed by atoms with Gasteiger partial charge in [-0.05, 0) is 29.3 Å². The van der Waals surface area contributed by atoms with Crippen LogP contribution >= 0.6 is 15.9 Å². The number of hydrogen-bond donors (Lipinski definition) is 1. The Kier molecular flexibility index (Phi) is 4.54. The van der Waals surface area contributed by atoms with Gasteiger partial charge in [0.15, 0.2) is 4.73 Å². The zero-order chi connectivity index (χ0) is 11.3. The van der Waals surface area contributed by atoms with Crippen molar-refractivity contribution < 1.29 is 9.53 Å². The van der Waals surface area contributed by atoms with Crippen LogP contribution in [0.1, 0.15) is 19.8 Å². The summed E-state index contributed by atoms with van der Waals surface area (Å²) in [4.78, 5) is 14.9. The Bertz CT molecular complexity index is 339. The van der Waals surface area contributed by atoms with Gasteiger partial charge in [0, 0.05) is 13.0 Å². The van der Waals surface area contributed by atoms with Crippen molar-refractivity contribution in [2.24, 2.45) is 0 Å². The average molecular weight is 277 g/mol. The first kappa shape index (κ1) is 12.0. The SMILES string of the molecule is CCOC(=O)CCCn1nc(N)nc1Br. The minimum Gasteiger partial charge on any atom is -0.466 e. The molecular formula is C8H13BrN4O2. The quantitative estimate of drug-likeness (QED) is 0.811. The molecule has 1 heterocycles. The topological polar surface area (TPSA) is 83.0 Å². The number of esters is 1. The van der Waals surface area contributed by atoms with E-state index < -0.39 is 0 Å². The molecule has 1 aromatic heterocycles. The first-order valence-electron chi connectivity index (χ1n) is 4.65. The minimum absolute atomic E-state index is 0.193. The summed E-state index contributed by atoms with van der Waals surface area (Å²) < 4.78 is 6.97. The smallest absolute Gasteiger partial charge is 0.305 e. The summed E-state index contributed by atoms with van der Waals surface area (Å²) in [6.45, 7) is 2.79. The third-order valence-electron chi connectivity index (χ3n) is 1.70. The number of nitrogens with two attached hydrogens (primary N) is 1. The maximum Gasteiger partial charge on any atom is 0.305 e. The summed E-state index contributed by atoms with van der Waals surface area (Å²) in [6.07, 6.45) is 1.03. The number of anilines is 1. The summed E-state index contributed by atoms with van der Waals surface area (Å²) in [5.41, 5.74) is 5.39. The summed E-state index contributed by atoms with van der Waals surface area (Å²) in [5, 5.41) is 3.94. The predicted molar refractivity (Wildman–Crippen MR) is 58.0 cm³/mol.